The van der Waals surface area contributed by atoms with Crippen molar-refractivity contribution >= 4 is 15.9 Å². The summed E-state index contributed by atoms with van der Waals surface area (Å²) < 4.78 is 9.04. The molecular formula is C16H28BrN3O. The van der Waals surface area contributed by atoms with Gasteiger partial charge in [0.2, 0.25) is 0 Å². The number of aromatic nitrogens is 2. The number of likely N-dealkylation sites (N-methyl/N-ethyl adjacent to an activating group) is 1. The Kier molecular flexibility index (Phi) is 6.71. The molecule has 0 saturated carbocycles. The molecule has 1 aliphatic rings. The van der Waals surface area contributed by atoms with E-state index in [2.05, 4.69) is 46.7 Å². The Bertz CT molecular complexity index is 441. The van der Waals surface area contributed by atoms with Crippen molar-refractivity contribution in [2.24, 2.45) is 5.92 Å². The normalized spacial score (nSPS) is 20.7. The second-order valence-corrected chi connectivity index (χ2v) is 6.52. The first-order valence-electron chi connectivity index (χ1n) is 8.26. The van der Waals surface area contributed by atoms with Gasteiger partial charge in [-0.25, -0.2) is 0 Å². The Morgan fingerprint density at radius 3 is 2.81 bits per heavy atom. The van der Waals surface area contributed by atoms with E-state index in [0.29, 0.717) is 12.0 Å². The third-order valence-electron chi connectivity index (χ3n) is 4.34. The number of hydrogen-bond acceptors (Lipinski definition) is 3. The topological polar surface area (TPSA) is 39.1 Å². The summed E-state index contributed by atoms with van der Waals surface area (Å²) in [7, 11) is 0. The van der Waals surface area contributed by atoms with Gasteiger partial charge in [0.25, 0.3) is 0 Å². The van der Waals surface area contributed by atoms with E-state index in [9.17, 15) is 0 Å². The van der Waals surface area contributed by atoms with Crippen molar-refractivity contribution in [1.29, 1.82) is 0 Å². The Balaban J connectivity index is 2.17. The second-order valence-electron chi connectivity index (χ2n) is 5.72. The van der Waals surface area contributed by atoms with Crippen LogP contribution in [0.25, 0.3) is 0 Å². The first-order chi connectivity index (χ1) is 10.2. The van der Waals surface area contributed by atoms with Crippen molar-refractivity contribution in [3.05, 3.63) is 15.9 Å². The highest BCUT2D eigenvalue weighted by Crippen LogP contribution is 2.27. The summed E-state index contributed by atoms with van der Waals surface area (Å²) in [6.45, 7) is 10.2. The Labute approximate surface area is 136 Å². The molecule has 0 bridgehead atoms. The van der Waals surface area contributed by atoms with Crippen LogP contribution in [0.1, 0.15) is 45.0 Å². The highest BCUT2D eigenvalue weighted by atomic mass is 79.9. The van der Waals surface area contributed by atoms with Gasteiger partial charge in [-0.1, -0.05) is 13.8 Å². The molecule has 0 spiro atoms. The maximum atomic E-state index is 5.69. The van der Waals surface area contributed by atoms with Crippen molar-refractivity contribution in [2.75, 3.05) is 19.8 Å². The summed E-state index contributed by atoms with van der Waals surface area (Å²) in [6.07, 6.45) is 4.43. The monoisotopic (exact) mass is 357 g/mol. The molecule has 4 nitrogen and oxygen atoms in total. The predicted molar refractivity (Wildman–Crippen MR) is 89.7 cm³/mol. The molecule has 21 heavy (non-hydrogen) atoms. The minimum Gasteiger partial charge on any atom is -0.381 e. The quantitative estimate of drug-likeness (QED) is 0.814. The van der Waals surface area contributed by atoms with Crippen molar-refractivity contribution in [3.8, 4) is 0 Å². The predicted octanol–water partition coefficient (Wildman–Crippen LogP) is 3.18. The first kappa shape index (κ1) is 17.0. The number of hydrogen-bond donors (Lipinski definition) is 1. The lowest BCUT2D eigenvalue weighted by Crippen LogP contribution is -2.42. The molecule has 2 unspecified atom stereocenters. The molecule has 1 fully saturated rings. The van der Waals surface area contributed by atoms with Gasteiger partial charge in [-0.3, -0.25) is 4.68 Å². The molecule has 2 heterocycles. The number of nitrogens with zero attached hydrogens (tertiary/aromatic N) is 2. The number of rotatable bonds is 7. The standard InChI is InChI=1S/C16H28BrN3O/c1-4-13-16(17)15(20(6-3)19-13)10-14(18-5-2)12-8-7-9-21-11-12/h12,14,18H,4-11H2,1-3H3. The van der Waals surface area contributed by atoms with Gasteiger partial charge in [0.1, 0.15) is 0 Å². The van der Waals surface area contributed by atoms with E-state index in [4.69, 9.17) is 9.84 Å². The van der Waals surface area contributed by atoms with Crippen LogP contribution in [0.4, 0.5) is 0 Å². The zero-order chi connectivity index (χ0) is 15.2. The molecule has 1 saturated heterocycles. The van der Waals surface area contributed by atoms with E-state index in [1.165, 1.54) is 28.7 Å². The van der Waals surface area contributed by atoms with Crippen molar-refractivity contribution in [1.82, 2.24) is 15.1 Å². The summed E-state index contributed by atoms with van der Waals surface area (Å²) in [4.78, 5) is 0. The molecule has 2 rings (SSSR count). The third-order valence-corrected chi connectivity index (χ3v) is 5.25. The second kappa shape index (κ2) is 8.30. The smallest absolute Gasteiger partial charge is 0.0766 e. The molecule has 1 aromatic rings. The molecule has 5 heteroatoms. The van der Waals surface area contributed by atoms with Crippen LogP contribution < -0.4 is 5.32 Å². The van der Waals surface area contributed by atoms with Crippen LogP contribution in [0.2, 0.25) is 0 Å². The van der Waals surface area contributed by atoms with Crippen molar-refractivity contribution < 1.29 is 4.74 Å². The third kappa shape index (κ3) is 4.08. The molecular weight excluding hydrogens is 330 g/mol. The van der Waals surface area contributed by atoms with Gasteiger partial charge in [-0.05, 0) is 54.6 Å². The molecule has 0 amide bonds. The van der Waals surface area contributed by atoms with E-state index in [0.717, 1.165) is 39.1 Å². The van der Waals surface area contributed by atoms with E-state index >= 15 is 0 Å². The number of aryl methyl sites for hydroxylation is 2. The maximum absolute atomic E-state index is 5.69. The van der Waals surface area contributed by atoms with E-state index < -0.39 is 0 Å². The van der Waals surface area contributed by atoms with Crippen molar-refractivity contribution in [2.45, 2.75) is 59.0 Å². The zero-order valence-corrected chi connectivity index (χ0v) is 15.1. The summed E-state index contributed by atoms with van der Waals surface area (Å²) in [5.41, 5.74) is 2.49. The van der Waals surface area contributed by atoms with Gasteiger partial charge in [0.15, 0.2) is 0 Å². The van der Waals surface area contributed by atoms with Gasteiger partial charge in [0, 0.05) is 25.6 Å². The Morgan fingerprint density at radius 1 is 1.43 bits per heavy atom. The minimum absolute atomic E-state index is 0.471. The molecule has 1 N–H and O–H groups in total. The lowest BCUT2D eigenvalue weighted by molar-refractivity contribution is 0.0392. The molecule has 0 aromatic carbocycles. The van der Waals surface area contributed by atoms with E-state index in [1.807, 2.05) is 0 Å². The number of ether oxygens (including phenoxy) is 1. The Hall–Kier alpha value is -0.390. The molecule has 1 aliphatic heterocycles. The fraction of sp³-hybridized carbons (Fsp3) is 0.812. The SMILES string of the molecule is CCNC(Cc1c(Br)c(CC)nn1CC)C1CCCOC1. The Morgan fingerprint density at radius 2 is 2.24 bits per heavy atom. The summed E-state index contributed by atoms with van der Waals surface area (Å²) in [5, 5.41) is 8.38. The molecule has 1 aromatic heterocycles. The van der Waals surface area contributed by atoms with Gasteiger partial charge >= 0.3 is 0 Å². The van der Waals surface area contributed by atoms with Gasteiger partial charge < -0.3 is 10.1 Å². The lowest BCUT2D eigenvalue weighted by atomic mass is 9.90. The average molecular weight is 358 g/mol. The molecule has 0 radical (unpaired) electrons. The van der Waals surface area contributed by atoms with Gasteiger partial charge in [-0.15, -0.1) is 0 Å². The largest absolute Gasteiger partial charge is 0.381 e. The lowest BCUT2D eigenvalue weighted by Gasteiger charge is -2.31. The van der Waals surface area contributed by atoms with Crippen LogP contribution in [0, 0.1) is 5.92 Å². The van der Waals surface area contributed by atoms with Crippen LogP contribution >= 0.6 is 15.9 Å². The van der Waals surface area contributed by atoms with Crippen LogP contribution in [0.15, 0.2) is 4.47 Å². The highest BCUT2D eigenvalue weighted by molar-refractivity contribution is 9.10. The first-order valence-corrected chi connectivity index (χ1v) is 9.05. The minimum atomic E-state index is 0.471. The average Bonchev–Trinajstić information content (AvgIpc) is 2.83. The van der Waals surface area contributed by atoms with Crippen molar-refractivity contribution in [3.63, 3.8) is 0 Å². The number of halogens is 1. The van der Waals surface area contributed by atoms with Crippen LogP contribution in [0.3, 0.4) is 0 Å². The van der Waals surface area contributed by atoms with E-state index in [-0.39, 0.29) is 0 Å². The maximum Gasteiger partial charge on any atom is 0.0766 e. The van der Waals surface area contributed by atoms with Crippen LogP contribution in [-0.2, 0) is 24.1 Å². The van der Waals surface area contributed by atoms with E-state index in [1.54, 1.807) is 0 Å². The number of nitrogens with one attached hydrogen (secondary N) is 1. The fourth-order valence-corrected chi connectivity index (χ4v) is 3.90. The van der Waals surface area contributed by atoms with Crippen LogP contribution in [-0.4, -0.2) is 35.6 Å². The highest BCUT2D eigenvalue weighted by Gasteiger charge is 2.26. The molecule has 2 atom stereocenters. The summed E-state index contributed by atoms with van der Waals surface area (Å²) in [5.74, 6) is 0.607. The molecule has 120 valence electrons. The summed E-state index contributed by atoms with van der Waals surface area (Å²) in [6, 6.07) is 0.471. The zero-order valence-electron chi connectivity index (χ0n) is 13.5. The van der Waals surface area contributed by atoms with Gasteiger partial charge in [0.05, 0.1) is 22.5 Å². The molecule has 0 aliphatic carbocycles. The summed E-state index contributed by atoms with van der Waals surface area (Å²) >= 11 is 3.76. The van der Waals surface area contributed by atoms with Gasteiger partial charge in [-0.2, -0.15) is 5.10 Å². The fourth-order valence-electron chi connectivity index (χ4n) is 3.17. The van der Waals surface area contributed by atoms with Crippen LogP contribution in [0.5, 0.6) is 0 Å².